The van der Waals surface area contributed by atoms with E-state index in [1.807, 2.05) is 12.1 Å². The minimum atomic E-state index is 0.494. The summed E-state index contributed by atoms with van der Waals surface area (Å²) < 4.78 is 0. The summed E-state index contributed by atoms with van der Waals surface area (Å²) in [7, 11) is 0. The van der Waals surface area contributed by atoms with Crippen LogP contribution in [0.1, 0.15) is 45.6 Å². The van der Waals surface area contributed by atoms with Crippen LogP contribution in [0, 0.1) is 22.7 Å². The van der Waals surface area contributed by atoms with E-state index in [0.29, 0.717) is 23.8 Å². The third-order valence-corrected chi connectivity index (χ3v) is 4.28. The molecule has 0 bridgehead atoms. The summed E-state index contributed by atoms with van der Waals surface area (Å²) in [4.78, 5) is 0. The summed E-state index contributed by atoms with van der Waals surface area (Å²) in [6.45, 7) is 7.09. The van der Waals surface area contributed by atoms with Gasteiger partial charge >= 0.3 is 0 Å². The number of anilines is 1. The standard InChI is InChI=1S/C17H24N2/c1-13-12-17(2,3)10-8-16(13)19-15-6-4-14(5-7-15)9-11-18/h4-7,13,16,19H,8-10,12H2,1-3H3. The van der Waals surface area contributed by atoms with E-state index >= 15 is 0 Å². The van der Waals surface area contributed by atoms with E-state index in [9.17, 15) is 0 Å². The molecule has 2 nitrogen and oxygen atoms in total. The lowest BCUT2D eigenvalue weighted by Gasteiger charge is -2.40. The van der Waals surface area contributed by atoms with Gasteiger partial charge in [0.05, 0.1) is 12.5 Å². The van der Waals surface area contributed by atoms with Crippen molar-refractivity contribution in [3.8, 4) is 6.07 Å². The fourth-order valence-corrected chi connectivity index (χ4v) is 3.19. The Hall–Kier alpha value is -1.49. The molecular formula is C17H24N2. The summed E-state index contributed by atoms with van der Waals surface area (Å²) in [5.74, 6) is 0.711. The number of nitrogens with one attached hydrogen (secondary N) is 1. The summed E-state index contributed by atoms with van der Waals surface area (Å²) in [5, 5.41) is 12.3. The van der Waals surface area contributed by atoms with Crippen LogP contribution >= 0.6 is 0 Å². The molecule has 2 rings (SSSR count). The van der Waals surface area contributed by atoms with E-state index in [1.165, 1.54) is 24.9 Å². The third kappa shape index (κ3) is 3.73. The van der Waals surface area contributed by atoms with Crippen molar-refractivity contribution in [3.05, 3.63) is 29.8 Å². The second-order valence-electron chi connectivity index (χ2n) is 6.67. The van der Waals surface area contributed by atoms with Gasteiger partial charge in [-0.25, -0.2) is 0 Å². The summed E-state index contributed by atoms with van der Waals surface area (Å²) in [5.41, 5.74) is 2.76. The van der Waals surface area contributed by atoms with Crippen LogP contribution in [0.5, 0.6) is 0 Å². The Morgan fingerprint density at radius 3 is 2.58 bits per heavy atom. The van der Waals surface area contributed by atoms with Crippen LogP contribution in [0.15, 0.2) is 24.3 Å². The molecule has 19 heavy (non-hydrogen) atoms. The van der Waals surface area contributed by atoms with Crippen molar-refractivity contribution in [2.24, 2.45) is 11.3 Å². The van der Waals surface area contributed by atoms with Gasteiger partial charge in [-0.1, -0.05) is 32.9 Å². The maximum Gasteiger partial charge on any atom is 0.0669 e. The first-order chi connectivity index (χ1) is 9.00. The number of rotatable bonds is 3. The fourth-order valence-electron chi connectivity index (χ4n) is 3.19. The molecule has 2 unspecified atom stereocenters. The van der Waals surface area contributed by atoms with Gasteiger partial charge in [-0.05, 0) is 48.3 Å². The number of nitriles is 1. The van der Waals surface area contributed by atoms with Crippen molar-refractivity contribution in [2.75, 3.05) is 5.32 Å². The van der Waals surface area contributed by atoms with Crippen molar-refractivity contribution >= 4 is 5.69 Å². The van der Waals surface area contributed by atoms with Gasteiger partial charge in [-0.2, -0.15) is 5.26 Å². The Balaban J connectivity index is 1.96. The van der Waals surface area contributed by atoms with Crippen molar-refractivity contribution in [2.45, 2.75) is 52.5 Å². The van der Waals surface area contributed by atoms with Gasteiger partial charge < -0.3 is 5.32 Å². The van der Waals surface area contributed by atoms with Crippen LogP contribution in [0.25, 0.3) is 0 Å². The molecule has 0 aliphatic heterocycles. The van der Waals surface area contributed by atoms with Crippen LogP contribution in [0.2, 0.25) is 0 Å². The highest BCUT2D eigenvalue weighted by molar-refractivity contribution is 5.46. The van der Waals surface area contributed by atoms with E-state index < -0.39 is 0 Å². The first kappa shape index (κ1) is 13.9. The Labute approximate surface area is 116 Å². The molecule has 1 N–H and O–H groups in total. The zero-order valence-corrected chi connectivity index (χ0v) is 12.2. The number of hydrogen-bond acceptors (Lipinski definition) is 2. The summed E-state index contributed by atoms with van der Waals surface area (Å²) in [6.07, 6.45) is 4.32. The lowest BCUT2D eigenvalue weighted by atomic mass is 9.70. The minimum Gasteiger partial charge on any atom is -0.382 e. The predicted octanol–water partition coefficient (Wildman–Crippen LogP) is 4.38. The van der Waals surface area contributed by atoms with Gasteiger partial charge in [0.25, 0.3) is 0 Å². The minimum absolute atomic E-state index is 0.494. The fraction of sp³-hybridized carbons (Fsp3) is 0.588. The molecule has 1 aromatic carbocycles. The predicted molar refractivity (Wildman–Crippen MR) is 80.0 cm³/mol. The summed E-state index contributed by atoms with van der Waals surface area (Å²) in [6, 6.07) is 11.0. The maximum atomic E-state index is 8.67. The average molecular weight is 256 g/mol. The molecule has 1 fully saturated rings. The van der Waals surface area contributed by atoms with E-state index in [-0.39, 0.29) is 0 Å². The molecule has 1 saturated carbocycles. The van der Waals surface area contributed by atoms with Gasteiger partial charge in [-0.3, -0.25) is 0 Å². The van der Waals surface area contributed by atoms with Gasteiger partial charge in [0, 0.05) is 11.7 Å². The van der Waals surface area contributed by atoms with Crippen LogP contribution in [0.3, 0.4) is 0 Å². The van der Waals surface area contributed by atoms with Crippen molar-refractivity contribution < 1.29 is 0 Å². The average Bonchev–Trinajstić information content (AvgIpc) is 2.35. The first-order valence-electron chi connectivity index (χ1n) is 7.23. The van der Waals surface area contributed by atoms with Crippen molar-refractivity contribution in [3.63, 3.8) is 0 Å². The normalized spacial score (nSPS) is 25.6. The van der Waals surface area contributed by atoms with Crippen LogP contribution in [-0.2, 0) is 6.42 Å². The molecule has 0 spiro atoms. The Bertz CT molecular complexity index is 453. The largest absolute Gasteiger partial charge is 0.382 e. The zero-order chi connectivity index (χ0) is 13.9. The maximum absolute atomic E-state index is 8.67. The number of nitrogens with zero attached hydrogens (tertiary/aromatic N) is 1. The SMILES string of the molecule is CC1CC(C)(C)CCC1Nc1ccc(CC#N)cc1. The number of hydrogen-bond donors (Lipinski definition) is 1. The van der Waals surface area contributed by atoms with E-state index in [4.69, 9.17) is 5.26 Å². The molecular weight excluding hydrogens is 232 g/mol. The van der Waals surface area contributed by atoms with Crippen LogP contribution in [0.4, 0.5) is 5.69 Å². The smallest absolute Gasteiger partial charge is 0.0669 e. The zero-order valence-electron chi connectivity index (χ0n) is 12.2. The highest BCUT2D eigenvalue weighted by atomic mass is 14.9. The highest BCUT2D eigenvalue weighted by Gasteiger charge is 2.32. The van der Waals surface area contributed by atoms with E-state index in [2.05, 4.69) is 44.3 Å². The molecule has 2 heteroatoms. The van der Waals surface area contributed by atoms with E-state index in [0.717, 1.165) is 5.56 Å². The molecule has 0 heterocycles. The molecule has 1 aliphatic carbocycles. The quantitative estimate of drug-likeness (QED) is 0.871. The second kappa shape index (κ2) is 5.65. The first-order valence-corrected chi connectivity index (χ1v) is 7.23. The van der Waals surface area contributed by atoms with E-state index in [1.54, 1.807) is 0 Å². The molecule has 0 radical (unpaired) electrons. The molecule has 1 aliphatic rings. The number of benzene rings is 1. The molecule has 1 aromatic rings. The van der Waals surface area contributed by atoms with Crippen LogP contribution < -0.4 is 5.32 Å². The molecule has 0 amide bonds. The third-order valence-electron chi connectivity index (χ3n) is 4.28. The molecule has 102 valence electrons. The monoisotopic (exact) mass is 256 g/mol. The highest BCUT2D eigenvalue weighted by Crippen LogP contribution is 2.39. The Kier molecular flexibility index (Phi) is 4.14. The molecule has 2 atom stereocenters. The second-order valence-corrected chi connectivity index (χ2v) is 6.67. The Morgan fingerprint density at radius 2 is 2.00 bits per heavy atom. The lowest BCUT2D eigenvalue weighted by Crippen LogP contribution is -2.36. The molecule has 0 aromatic heterocycles. The van der Waals surface area contributed by atoms with Gasteiger partial charge in [-0.15, -0.1) is 0 Å². The molecule has 0 saturated heterocycles. The lowest BCUT2D eigenvalue weighted by molar-refractivity contribution is 0.177. The van der Waals surface area contributed by atoms with Gasteiger partial charge in [0.2, 0.25) is 0 Å². The Morgan fingerprint density at radius 1 is 1.32 bits per heavy atom. The topological polar surface area (TPSA) is 35.8 Å². The van der Waals surface area contributed by atoms with Crippen LogP contribution in [-0.4, -0.2) is 6.04 Å². The summed E-state index contributed by atoms with van der Waals surface area (Å²) >= 11 is 0. The van der Waals surface area contributed by atoms with Crippen molar-refractivity contribution in [1.82, 2.24) is 0 Å². The van der Waals surface area contributed by atoms with Crippen molar-refractivity contribution in [1.29, 1.82) is 5.26 Å². The van der Waals surface area contributed by atoms with Gasteiger partial charge in [0.15, 0.2) is 0 Å². The van der Waals surface area contributed by atoms with Gasteiger partial charge in [0.1, 0.15) is 0 Å².